The summed E-state index contributed by atoms with van der Waals surface area (Å²) in [6, 6.07) is 0. The van der Waals surface area contributed by atoms with E-state index < -0.39 is 0 Å². The number of rotatable bonds is 6. The molecule has 3 heterocycles. The van der Waals surface area contributed by atoms with Crippen LogP contribution in [0.4, 0.5) is 0 Å². The number of aromatic nitrogens is 2. The summed E-state index contributed by atoms with van der Waals surface area (Å²) in [6.07, 6.45) is 9.94. The molecule has 7 heteroatoms. The van der Waals surface area contributed by atoms with E-state index in [1.807, 2.05) is 17.3 Å². The molecule has 0 saturated carbocycles. The van der Waals surface area contributed by atoms with E-state index in [0.717, 1.165) is 57.2 Å². The molecule has 0 aromatic carbocycles. The number of aryl methyl sites for hydroxylation is 1. The number of nitrogens with one attached hydrogen (secondary N) is 2. The van der Waals surface area contributed by atoms with Gasteiger partial charge in [-0.05, 0) is 44.1 Å². The second kappa shape index (κ2) is 7.99. The van der Waals surface area contributed by atoms with Gasteiger partial charge < -0.3 is 15.0 Å². The van der Waals surface area contributed by atoms with Crippen LogP contribution in [0.3, 0.4) is 0 Å². The molecule has 138 valence electrons. The van der Waals surface area contributed by atoms with Gasteiger partial charge in [0.05, 0.1) is 17.9 Å². The van der Waals surface area contributed by atoms with Crippen LogP contribution < -0.4 is 5.32 Å². The zero-order chi connectivity index (χ0) is 17.7. The van der Waals surface area contributed by atoms with E-state index in [4.69, 9.17) is 4.74 Å². The normalized spacial score (nSPS) is 22.3. The second-order valence-electron chi connectivity index (χ2n) is 7.24. The van der Waals surface area contributed by atoms with Crippen molar-refractivity contribution >= 4 is 11.8 Å². The van der Waals surface area contributed by atoms with Crippen molar-refractivity contribution in [2.45, 2.75) is 63.6 Å². The maximum absolute atomic E-state index is 12.4. The Bertz CT molecular complexity index is 579. The average Bonchev–Trinajstić information content (AvgIpc) is 3.24. The van der Waals surface area contributed by atoms with Crippen LogP contribution in [0.5, 0.6) is 0 Å². The Morgan fingerprint density at radius 1 is 1.40 bits per heavy atom. The van der Waals surface area contributed by atoms with E-state index in [1.165, 1.54) is 6.92 Å². The Morgan fingerprint density at radius 2 is 2.20 bits per heavy atom. The Balaban J connectivity index is 1.38. The van der Waals surface area contributed by atoms with Gasteiger partial charge in [-0.25, -0.2) is 0 Å². The molecule has 2 aliphatic rings. The highest BCUT2D eigenvalue weighted by Gasteiger charge is 2.42. The Morgan fingerprint density at radius 3 is 2.88 bits per heavy atom. The smallest absolute Gasteiger partial charge is 0.222 e. The number of amides is 2. The summed E-state index contributed by atoms with van der Waals surface area (Å²) < 4.78 is 6.24. The van der Waals surface area contributed by atoms with Crippen LogP contribution >= 0.6 is 0 Å². The van der Waals surface area contributed by atoms with Crippen LogP contribution in [0.2, 0.25) is 0 Å². The van der Waals surface area contributed by atoms with E-state index in [9.17, 15) is 9.59 Å². The number of hydrogen-bond donors (Lipinski definition) is 2. The number of likely N-dealkylation sites (tertiary alicyclic amines) is 1. The molecule has 3 rings (SSSR count). The van der Waals surface area contributed by atoms with Crippen molar-refractivity contribution in [2.24, 2.45) is 0 Å². The van der Waals surface area contributed by atoms with E-state index in [0.29, 0.717) is 13.0 Å². The quantitative estimate of drug-likeness (QED) is 0.814. The van der Waals surface area contributed by atoms with Gasteiger partial charge in [0.15, 0.2) is 0 Å². The number of aromatic amines is 1. The summed E-state index contributed by atoms with van der Waals surface area (Å²) in [5.41, 5.74) is 1.06. The number of nitrogens with zero attached hydrogens (tertiary/aromatic N) is 2. The van der Waals surface area contributed by atoms with Gasteiger partial charge in [0.25, 0.3) is 0 Å². The minimum absolute atomic E-state index is 0.0135. The first-order valence-corrected chi connectivity index (χ1v) is 9.24. The average molecular weight is 348 g/mol. The fraction of sp³-hybridized carbons (Fsp3) is 0.722. The van der Waals surface area contributed by atoms with Gasteiger partial charge in [0, 0.05) is 39.2 Å². The van der Waals surface area contributed by atoms with Gasteiger partial charge in [-0.15, -0.1) is 0 Å². The maximum Gasteiger partial charge on any atom is 0.222 e. The van der Waals surface area contributed by atoms with Gasteiger partial charge >= 0.3 is 0 Å². The molecule has 2 aliphatic heterocycles. The first kappa shape index (κ1) is 17.9. The fourth-order valence-corrected chi connectivity index (χ4v) is 3.84. The molecule has 1 atom stereocenters. The highest BCUT2D eigenvalue weighted by atomic mass is 16.5. The van der Waals surface area contributed by atoms with Crippen LogP contribution in [-0.2, 0) is 20.7 Å². The standard InChI is InChI=1S/C18H28N4O3/c1-14(23)19-13-16-5-6-18(25-16)7-9-22(10-8-18)17(24)4-2-3-15-11-20-21-12-15/h11-12,16H,2-10,13H2,1H3,(H,19,23)(H,20,21)/t16-/m0/s1. The molecule has 2 amide bonds. The molecule has 1 aromatic heterocycles. The highest BCUT2D eigenvalue weighted by molar-refractivity contribution is 5.76. The Hall–Kier alpha value is -1.89. The molecule has 2 N–H and O–H groups in total. The Kier molecular flexibility index (Phi) is 5.73. The summed E-state index contributed by atoms with van der Waals surface area (Å²) in [6.45, 7) is 3.67. The molecule has 2 saturated heterocycles. The van der Waals surface area contributed by atoms with Gasteiger partial charge in [0.2, 0.25) is 11.8 Å². The zero-order valence-corrected chi connectivity index (χ0v) is 14.9. The van der Waals surface area contributed by atoms with Crippen LogP contribution in [0.15, 0.2) is 12.4 Å². The number of hydrogen-bond acceptors (Lipinski definition) is 4. The molecule has 0 aliphatic carbocycles. The lowest BCUT2D eigenvalue weighted by Crippen LogP contribution is -2.47. The van der Waals surface area contributed by atoms with Crippen LogP contribution in [0.25, 0.3) is 0 Å². The SMILES string of the molecule is CC(=O)NC[C@@H]1CCC2(CCN(C(=O)CCCc3cn[nH]c3)CC2)O1. The molecule has 0 bridgehead atoms. The second-order valence-corrected chi connectivity index (χ2v) is 7.24. The van der Waals surface area contributed by atoms with Gasteiger partial charge in [-0.2, -0.15) is 5.10 Å². The molecular weight excluding hydrogens is 320 g/mol. The lowest BCUT2D eigenvalue weighted by atomic mass is 9.88. The van der Waals surface area contributed by atoms with Gasteiger partial charge in [-0.3, -0.25) is 14.7 Å². The molecule has 7 nitrogen and oxygen atoms in total. The molecule has 0 unspecified atom stereocenters. The molecular formula is C18H28N4O3. The third kappa shape index (κ3) is 4.81. The maximum atomic E-state index is 12.4. The molecule has 1 spiro atoms. The summed E-state index contributed by atoms with van der Waals surface area (Å²) >= 11 is 0. The predicted molar refractivity (Wildman–Crippen MR) is 92.9 cm³/mol. The monoisotopic (exact) mass is 348 g/mol. The number of carbonyl (C=O) groups excluding carboxylic acids is 2. The fourth-order valence-electron chi connectivity index (χ4n) is 3.84. The van der Waals surface area contributed by atoms with Crippen molar-refractivity contribution in [2.75, 3.05) is 19.6 Å². The summed E-state index contributed by atoms with van der Waals surface area (Å²) in [7, 11) is 0. The zero-order valence-electron chi connectivity index (χ0n) is 14.9. The molecule has 25 heavy (non-hydrogen) atoms. The van der Waals surface area contributed by atoms with E-state index in [1.54, 1.807) is 0 Å². The van der Waals surface area contributed by atoms with Crippen molar-refractivity contribution in [3.8, 4) is 0 Å². The number of carbonyl (C=O) groups is 2. The number of H-pyrrole nitrogens is 1. The van der Waals surface area contributed by atoms with Crippen LogP contribution in [-0.4, -0.2) is 58.3 Å². The lowest BCUT2D eigenvalue weighted by molar-refractivity contribution is -0.138. The first-order valence-electron chi connectivity index (χ1n) is 9.24. The third-order valence-electron chi connectivity index (χ3n) is 5.36. The van der Waals surface area contributed by atoms with Crippen LogP contribution in [0, 0.1) is 0 Å². The van der Waals surface area contributed by atoms with E-state index >= 15 is 0 Å². The van der Waals surface area contributed by atoms with Gasteiger partial charge in [0.1, 0.15) is 0 Å². The molecule has 0 radical (unpaired) electrons. The molecule has 1 aromatic rings. The molecule has 2 fully saturated rings. The summed E-state index contributed by atoms with van der Waals surface area (Å²) in [5.74, 6) is 0.228. The minimum Gasteiger partial charge on any atom is -0.370 e. The van der Waals surface area contributed by atoms with Gasteiger partial charge in [-0.1, -0.05) is 0 Å². The predicted octanol–water partition coefficient (Wildman–Crippen LogP) is 1.41. The lowest BCUT2D eigenvalue weighted by Gasteiger charge is -2.39. The topological polar surface area (TPSA) is 87.3 Å². The third-order valence-corrected chi connectivity index (χ3v) is 5.36. The number of piperidine rings is 1. The summed E-state index contributed by atoms with van der Waals surface area (Å²) in [5, 5.41) is 9.55. The van der Waals surface area contributed by atoms with E-state index in [2.05, 4.69) is 15.5 Å². The summed E-state index contributed by atoms with van der Waals surface area (Å²) in [4.78, 5) is 25.4. The minimum atomic E-state index is -0.0866. The van der Waals surface area contributed by atoms with Crippen LogP contribution in [0.1, 0.15) is 51.0 Å². The van der Waals surface area contributed by atoms with Crippen molar-refractivity contribution in [1.82, 2.24) is 20.4 Å². The first-order chi connectivity index (χ1) is 12.1. The van der Waals surface area contributed by atoms with E-state index in [-0.39, 0.29) is 23.5 Å². The van der Waals surface area contributed by atoms with Crippen molar-refractivity contribution in [3.63, 3.8) is 0 Å². The van der Waals surface area contributed by atoms with Crippen molar-refractivity contribution < 1.29 is 14.3 Å². The Labute approximate surface area is 148 Å². The van der Waals surface area contributed by atoms with Crippen molar-refractivity contribution in [3.05, 3.63) is 18.0 Å². The largest absolute Gasteiger partial charge is 0.370 e. The van der Waals surface area contributed by atoms with Crippen molar-refractivity contribution in [1.29, 1.82) is 0 Å². The number of ether oxygens (including phenoxy) is 1. The highest BCUT2D eigenvalue weighted by Crippen LogP contribution is 2.38.